The van der Waals surface area contributed by atoms with Crippen molar-refractivity contribution in [1.82, 2.24) is 9.88 Å². The zero-order valence-corrected chi connectivity index (χ0v) is 19.8. The molecule has 3 aromatic rings. The second-order valence-corrected chi connectivity index (χ2v) is 11.5. The SMILES string of the molecule is O=C(c1ccc(Br)c(Cl)c1)N1CCS(=O)(=O)C(c2nc(Cc3ccccc3)cs2)C1. The molecule has 30 heavy (non-hydrogen) atoms. The lowest BCUT2D eigenvalue weighted by Gasteiger charge is -2.31. The molecule has 1 fully saturated rings. The van der Waals surface area contributed by atoms with Crippen molar-refractivity contribution >= 4 is 54.6 Å². The Hall–Kier alpha value is -1.74. The minimum absolute atomic E-state index is 0.0821. The Morgan fingerprint density at radius 1 is 1.23 bits per heavy atom. The third-order valence-corrected chi connectivity index (χ3v) is 9.37. The summed E-state index contributed by atoms with van der Waals surface area (Å²) in [6, 6.07) is 14.9. The molecule has 2 aromatic carbocycles. The molecule has 9 heteroatoms. The van der Waals surface area contributed by atoms with Gasteiger partial charge in [0.25, 0.3) is 5.91 Å². The monoisotopic (exact) mass is 524 g/mol. The number of hydrogen-bond donors (Lipinski definition) is 0. The summed E-state index contributed by atoms with van der Waals surface area (Å²) in [5.41, 5.74) is 2.38. The van der Waals surface area contributed by atoms with Gasteiger partial charge in [-0.3, -0.25) is 4.79 Å². The fraction of sp³-hybridized carbons (Fsp3) is 0.238. The van der Waals surface area contributed by atoms with Gasteiger partial charge < -0.3 is 4.90 Å². The summed E-state index contributed by atoms with van der Waals surface area (Å²) in [5.74, 6) is -0.313. The number of thiazole rings is 1. The van der Waals surface area contributed by atoms with Gasteiger partial charge in [0, 0.05) is 34.9 Å². The second kappa shape index (κ2) is 8.78. The number of halogens is 2. The number of aromatic nitrogens is 1. The summed E-state index contributed by atoms with van der Waals surface area (Å²) in [7, 11) is -3.38. The van der Waals surface area contributed by atoms with Crippen LogP contribution in [0.3, 0.4) is 0 Å². The van der Waals surface area contributed by atoms with Crippen LogP contribution in [0, 0.1) is 0 Å². The molecule has 1 atom stereocenters. The molecule has 0 spiro atoms. The van der Waals surface area contributed by atoms with E-state index in [1.54, 1.807) is 23.1 Å². The van der Waals surface area contributed by atoms with Crippen molar-refractivity contribution in [2.45, 2.75) is 11.7 Å². The Morgan fingerprint density at radius 2 is 2.00 bits per heavy atom. The Labute approximate surface area is 192 Å². The number of nitrogens with zero attached hydrogens (tertiary/aromatic N) is 2. The van der Waals surface area contributed by atoms with Crippen LogP contribution in [0.4, 0.5) is 0 Å². The fourth-order valence-corrected chi connectivity index (χ4v) is 6.72. The normalized spacial score (nSPS) is 18.3. The Bertz CT molecular complexity index is 1180. The lowest BCUT2D eigenvalue weighted by Crippen LogP contribution is -2.45. The third kappa shape index (κ3) is 4.61. The minimum atomic E-state index is -3.38. The first-order valence-electron chi connectivity index (χ1n) is 9.27. The molecule has 0 saturated carbocycles. The summed E-state index contributed by atoms with van der Waals surface area (Å²) >= 11 is 10.8. The highest BCUT2D eigenvalue weighted by Crippen LogP contribution is 2.32. The number of amides is 1. The van der Waals surface area contributed by atoms with Gasteiger partial charge in [-0.15, -0.1) is 11.3 Å². The lowest BCUT2D eigenvalue weighted by molar-refractivity contribution is 0.0758. The Balaban J connectivity index is 1.55. The van der Waals surface area contributed by atoms with Gasteiger partial charge in [-0.1, -0.05) is 41.9 Å². The van der Waals surface area contributed by atoms with E-state index in [1.165, 1.54) is 11.3 Å². The maximum Gasteiger partial charge on any atom is 0.253 e. The zero-order chi connectivity index (χ0) is 21.3. The lowest BCUT2D eigenvalue weighted by atomic mass is 10.1. The standard InChI is InChI=1S/C21H18BrClN2O3S2/c22-17-7-6-15(11-18(17)23)21(26)25-8-9-30(27,28)19(12-25)20-24-16(13-29-20)10-14-4-2-1-3-5-14/h1-7,11,13,19H,8-10,12H2. The quantitative estimate of drug-likeness (QED) is 0.492. The number of hydrogen-bond acceptors (Lipinski definition) is 5. The van der Waals surface area contributed by atoms with Gasteiger partial charge in [-0.2, -0.15) is 0 Å². The van der Waals surface area contributed by atoms with Crippen molar-refractivity contribution in [3.63, 3.8) is 0 Å². The van der Waals surface area contributed by atoms with Crippen LogP contribution in [0.1, 0.15) is 31.9 Å². The molecule has 0 aliphatic carbocycles. The average Bonchev–Trinajstić information content (AvgIpc) is 3.18. The van der Waals surface area contributed by atoms with E-state index in [9.17, 15) is 13.2 Å². The smallest absolute Gasteiger partial charge is 0.253 e. The van der Waals surface area contributed by atoms with Gasteiger partial charge in [0.05, 0.1) is 16.5 Å². The largest absolute Gasteiger partial charge is 0.336 e. The van der Waals surface area contributed by atoms with Gasteiger partial charge >= 0.3 is 0 Å². The molecule has 4 rings (SSSR count). The van der Waals surface area contributed by atoms with Crippen molar-refractivity contribution in [1.29, 1.82) is 0 Å². The van der Waals surface area contributed by atoms with E-state index < -0.39 is 15.1 Å². The maximum atomic E-state index is 12.9. The van der Waals surface area contributed by atoms with E-state index in [0.717, 1.165) is 11.3 Å². The molecule has 1 amide bonds. The zero-order valence-electron chi connectivity index (χ0n) is 15.8. The van der Waals surface area contributed by atoms with Crippen molar-refractivity contribution in [3.8, 4) is 0 Å². The van der Waals surface area contributed by atoms with Crippen molar-refractivity contribution in [2.24, 2.45) is 0 Å². The van der Waals surface area contributed by atoms with Crippen LogP contribution in [-0.2, 0) is 16.3 Å². The highest BCUT2D eigenvalue weighted by molar-refractivity contribution is 9.10. The maximum absolute atomic E-state index is 12.9. The van der Waals surface area contributed by atoms with Gasteiger partial charge in [-0.25, -0.2) is 13.4 Å². The summed E-state index contributed by atoms with van der Waals surface area (Å²) in [6.07, 6.45) is 0.643. The van der Waals surface area contributed by atoms with Crippen LogP contribution in [0.25, 0.3) is 0 Å². The summed E-state index contributed by atoms with van der Waals surface area (Å²) in [4.78, 5) is 19.1. The third-order valence-electron chi connectivity index (χ3n) is 4.99. The number of sulfone groups is 1. The van der Waals surface area contributed by atoms with E-state index in [4.69, 9.17) is 11.6 Å². The molecule has 1 unspecified atom stereocenters. The van der Waals surface area contributed by atoms with Gasteiger partial charge in [-0.05, 0) is 39.7 Å². The molecule has 1 saturated heterocycles. The summed E-state index contributed by atoms with van der Waals surface area (Å²) in [6.45, 7) is 0.251. The highest BCUT2D eigenvalue weighted by Gasteiger charge is 2.38. The molecule has 0 N–H and O–H groups in total. The first-order valence-corrected chi connectivity index (χ1v) is 13.0. The van der Waals surface area contributed by atoms with Crippen molar-refractivity contribution in [3.05, 3.63) is 85.2 Å². The van der Waals surface area contributed by atoms with Crippen LogP contribution in [0.5, 0.6) is 0 Å². The topological polar surface area (TPSA) is 67.3 Å². The number of carbonyl (C=O) groups excluding carboxylic acids is 1. The van der Waals surface area contributed by atoms with Gasteiger partial charge in [0.15, 0.2) is 9.84 Å². The fourth-order valence-electron chi connectivity index (χ4n) is 3.37. The molecule has 0 bridgehead atoms. The van der Waals surface area contributed by atoms with Crippen LogP contribution in [0.2, 0.25) is 5.02 Å². The van der Waals surface area contributed by atoms with Crippen molar-refractivity contribution < 1.29 is 13.2 Å². The van der Waals surface area contributed by atoms with Crippen LogP contribution in [0.15, 0.2) is 58.4 Å². The van der Waals surface area contributed by atoms with E-state index in [0.29, 0.717) is 26.5 Å². The predicted octanol–water partition coefficient (Wildman–Crippen LogP) is 4.76. The molecular weight excluding hydrogens is 508 g/mol. The highest BCUT2D eigenvalue weighted by atomic mass is 79.9. The van der Waals surface area contributed by atoms with Gasteiger partial charge in [0.2, 0.25) is 0 Å². The first-order chi connectivity index (χ1) is 14.3. The molecule has 156 valence electrons. The van der Waals surface area contributed by atoms with Crippen molar-refractivity contribution in [2.75, 3.05) is 18.8 Å². The molecule has 1 aliphatic heterocycles. The van der Waals surface area contributed by atoms with Gasteiger partial charge in [0.1, 0.15) is 10.3 Å². The Morgan fingerprint density at radius 3 is 2.73 bits per heavy atom. The van der Waals surface area contributed by atoms with E-state index >= 15 is 0 Å². The predicted molar refractivity (Wildman–Crippen MR) is 123 cm³/mol. The van der Waals surface area contributed by atoms with Crippen LogP contribution < -0.4 is 0 Å². The molecule has 0 radical (unpaired) electrons. The second-order valence-electron chi connectivity index (χ2n) is 7.08. The number of benzene rings is 2. The average molecular weight is 526 g/mol. The molecule has 1 aliphatic rings. The first kappa shape index (κ1) is 21.5. The minimum Gasteiger partial charge on any atom is -0.336 e. The van der Waals surface area contributed by atoms with Crippen LogP contribution in [-0.4, -0.2) is 43.1 Å². The summed E-state index contributed by atoms with van der Waals surface area (Å²) in [5, 5.41) is 2.06. The summed E-state index contributed by atoms with van der Waals surface area (Å²) < 4.78 is 26.2. The number of carbonyl (C=O) groups is 1. The Kier molecular flexibility index (Phi) is 6.29. The van der Waals surface area contributed by atoms with Crippen LogP contribution >= 0.6 is 38.9 Å². The van der Waals surface area contributed by atoms with E-state index in [1.807, 2.05) is 35.7 Å². The number of rotatable bonds is 4. The molecule has 1 aromatic heterocycles. The molecule has 2 heterocycles. The van der Waals surface area contributed by atoms with E-state index in [2.05, 4.69) is 20.9 Å². The van der Waals surface area contributed by atoms with E-state index in [-0.39, 0.29) is 24.7 Å². The molecule has 5 nitrogen and oxygen atoms in total. The molecular formula is C21H18BrClN2O3S2.